The quantitative estimate of drug-likeness (QED) is 0.587. The van der Waals surface area contributed by atoms with E-state index in [9.17, 15) is 0 Å². The topological polar surface area (TPSA) is 0 Å². The lowest BCUT2D eigenvalue weighted by Crippen LogP contribution is -2.15. The highest BCUT2D eigenvalue weighted by Gasteiger charge is 2.30. The zero-order valence-electron chi connectivity index (χ0n) is 10.8. The second-order valence-electron chi connectivity index (χ2n) is 6.59. The van der Waals surface area contributed by atoms with E-state index in [1.807, 2.05) is 0 Å². The summed E-state index contributed by atoms with van der Waals surface area (Å²) in [6.07, 6.45) is 7.26. The van der Waals surface area contributed by atoms with Crippen LogP contribution < -0.4 is 0 Å². The van der Waals surface area contributed by atoms with Crippen LogP contribution in [0.15, 0.2) is 0 Å². The number of hydrogen-bond donors (Lipinski definition) is 0. The highest BCUT2D eigenvalue weighted by atomic mass is 14.4. The van der Waals surface area contributed by atoms with Gasteiger partial charge in [-0.2, -0.15) is 0 Å². The van der Waals surface area contributed by atoms with E-state index in [2.05, 4.69) is 34.6 Å². The molecule has 0 bridgehead atoms. The second-order valence-corrected chi connectivity index (χ2v) is 6.59. The van der Waals surface area contributed by atoms with Crippen molar-refractivity contribution in [2.45, 2.75) is 66.7 Å². The summed E-state index contributed by atoms with van der Waals surface area (Å²) in [4.78, 5) is 0. The van der Waals surface area contributed by atoms with Gasteiger partial charge in [-0.25, -0.2) is 0 Å². The van der Waals surface area contributed by atoms with Gasteiger partial charge in [0, 0.05) is 0 Å². The molecule has 1 aliphatic carbocycles. The summed E-state index contributed by atoms with van der Waals surface area (Å²) in [5.74, 6) is 3.04. The van der Waals surface area contributed by atoms with Gasteiger partial charge >= 0.3 is 0 Å². The Bertz CT molecular complexity index is 159. The smallest absolute Gasteiger partial charge is 0.0380 e. The predicted octanol–water partition coefficient (Wildman–Crippen LogP) is 4.89. The first-order valence-electron chi connectivity index (χ1n) is 6.42. The Hall–Kier alpha value is 0. The average molecular weight is 196 g/mol. The Morgan fingerprint density at radius 3 is 2.14 bits per heavy atom. The molecule has 0 aromatic rings. The molecular weight excluding hydrogens is 168 g/mol. The molecule has 0 nitrogen and oxygen atoms in total. The molecule has 2 atom stereocenters. The van der Waals surface area contributed by atoms with Gasteiger partial charge in [0.1, 0.15) is 0 Å². The zero-order chi connectivity index (χ0) is 10.8. The van der Waals surface area contributed by atoms with Crippen LogP contribution in [0, 0.1) is 23.2 Å². The zero-order valence-corrected chi connectivity index (χ0v) is 10.8. The van der Waals surface area contributed by atoms with Gasteiger partial charge in [0.25, 0.3) is 0 Å². The Labute approximate surface area is 90.5 Å². The van der Waals surface area contributed by atoms with E-state index < -0.39 is 0 Å². The Kier molecular flexibility index (Phi) is 4.04. The fourth-order valence-corrected chi connectivity index (χ4v) is 2.64. The van der Waals surface area contributed by atoms with Crippen molar-refractivity contribution >= 4 is 0 Å². The summed E-state index contributed by atoms with van der Waals surface area (Å²) in [7, 11) is 0. The van der Waals surface area contributed by atoms with Gasteiger partial charge in [-0.3, -0.25) is 0 Å². The van der Waals surface area contributed by atoms with Crippen LogP contribution in [0.4, 0.5) is 0 Å². The molecule has 0 saturated heterocycles. The first-order chi connectivity index (χ1) is 6.42. The van der Waals surface area contributed by atoms with Crippen LogP contribution in [0.3, 0.4) is 0 Å². The molecule has 0 N–H and O–H groups in total. The normalized spacial score (nSPS) is 22.1. The third kappa shape index (κ3) is 4.48. The lowest BCUT2D eigenvalue weighted by molar-refractivity contribution is 0.244. The summed E-state index contributed by atoms with van der Waals surface area (Å²) in [6.45, 7) is 11.9. The monoisotopic (exact) mass is 196 g/mol. The van der Waals surface area contributed by atoms with E-state index >= 15 is 0 Å². The maximum Gasteiger partial charge on any atom is -0.0380 e. The van der Waals surface area contributed by atoms with Gasteiger partial charge in [-0.1, -0.05) is 41.0 Å². The number of hydrogen-bond acceptors (Lipinski definition) is 0. The minimum atomic E-state index is 0.518. The van der Waals surface area contributed by atoms with E-state index in [1.165, 1.54) is 32.1 Å². The predicted molar refractivity (Wildman–Crippen MR) is 64.4 cm³/mol. The minimum Gasteiger partial charge on any atom is -0.0651 e. The first-order valence-corrected chi connectivity index (χ1v) is 6.42. The third-order valence-electron chi connectivity index (χ3n) is 3.61. The van der Waals surface area contributed by atoms with Gasteiger partial charge in [0.05, 0.1) is 0 Å². The van der Waals surface area contributed by atoms with Crippen molar-refractivity contribution in [3.63, 3.8) is 0 Å². The van der Waals surface area contributed by atoms with Crippen LogP contribution in [0.2, 0.25) is 0 Å². The fourth-order valence-electron chi connectivity index (χ4n) is 2.64. The van der Waals surface area contributed by atoms with Gasteiger partial charge in [0.2, 0.25) is 0 Å². The van der Waals surface area contributed by atoms with Crippen molar-refractivity contribution in [3.05, 3.63) is 0 Å². The highest BCUT2D eigenvalue weighted by molar-refractivity contribution is 4.81. The molecule has 1 saturated carbocycles. The molecular formula is C14H28. The molecule has 1 fully saturated rings. The first kappa shape index (κ1) is 12.1. The van der Waals surface area contributed by atoms with Crippen LogP contribution in [-0.2, 0) is 0 Å². The van der Waals surface area contributed by atoms with Crippen molar-refractivity contribution in [1.29, 1.82) is 0 Å². The van der Waals surface area contributed by atoms with Crippen molar-refractivity contribution in [2.75, 3.05) is 0 Å². The van der Waals surface area contributed by atoms with Crippen LogP contribution >= 0.6 is 0 Å². The minimum absolute atomic E-state index is 0.518. The van der Waals surface area contributed by atoms with Gasteiger partial charge in [0.15, 0.2) is 0 Å². The van der Waals surface area contributed by atoms with Crippen molar-refractivity contribution < 1.29 is 0 Å². The lowest BCUT2D eigenvalue weighted by atomic mass is 9.79. The van der Waals surface area contributed by atoms with E-state index in [1.54, 1.807) is 0 Å². The maximum atomic E-state index is 2.46. The summed E-state index contributed by atoms with van der Waals surface area (Å²) < 4.78 is 0. The van der Waals surface area contributed by atoms with Crippen molar-refractivity contribution in [1.82, 2.24) is 0 Å². The highest BCUT2D eigenvalue weighted by Crippen LogP contribution is 2.41. The summed E-state index contributed by atoms with van der Waals surface area (Å²) >= 11 is 0. The molecule has 14 heavy (non-hydrogen) atoms. The molecule has 0 heterocycles. The van der Waals surface area contributed by atoms with Crippen LogP contribution in [-0.4, -0.2) is 0 Å². The molecule has 84 valence electrons. The molecule has 0 aliphatic heterocycles. The largest absolute Gasteiger partial charge is 0.0651 e. The molecule has 0 spiro atoms. The Morgan fingerprint density at radius 1 is 1.21 bits per heavy atom. The van der Waals surface area contributed by atoms with Crippen molar-refractivity contribution in [2.24, 2.45) is 23.2 Å². The van der Waals surface area contributed by atoms with Crippen LogP contribution in [0.5, 0.6) is 0 Å². The van der Waals surface area contributed by atoms with Crippen LogP contribution in [0.1, 0.15) is 66.7 Å². The third-order valence-corrected chi connectivity index (χ3v) is 3.61. The van der Waals surface area contributed by atoms with Crippen molar-refractivity contribution in [3.8, 4) is 0 Å². The molecule has 1 rings (SSSR count). The average Bonchev–Trinajstić information content (AvgIpc) is 2.82. The Morgan fingerprint density at radius 2 is 1.79 bits per heavy atom. The molecule has 0 amide bonds. The lowest BCUT2D eigenvalue weighted by Gasteiger charge is -2.27. The summed E-state index contributed by atoms with van der Waals surface area (Å²) in [5, 5.41) is 0. The second kappa shape index (κ2) is 4.68. The standard InChI is InChI=1S/C14H28/c1-6-12(10-14(3,4)5)9-11(2)13-7-8-13/h11-13H,6-10H2,1-5H3. The Balaban J connectivity index is 2.30. The van der Waals surface area contributed by atoms with E-state index in [-0.39, 0.29) is 0 Å². The van der Waals surface area contributed by atoms with Gasteiger partial charge in [-0.15, -0.1) is 0 Å². The number of rotatable bonds is 5. The van der Waals surface area contributed by atoms with Crippen LogP contribution in [0.25, 0.3) is 0 Å². The maximum absolute atomic E-state index is 2.46. The molecule has 0 heteroatoms. The van der Waals surface area contributed by atoms with Gasteiger partial charge < -0.3 is 0 Å². The van der Waals surface area contributed by atoms with E-state index in [4.69, 9.17) is 0 Å². The summed E-state index contributed by atoms with van der Waals surface area (Å²) in [6, 6.07) is 0. The van der Waals surface area contributed by atoms with E-state index in [0.29, 0.717) is 5.41 Å². The molecule has 2 unspecified atom stereocenters. The molecule has 0 aromatic carbocycles. The van der Waals surface area contributed by atoms with Gasteiger partial charge in [-0.05, 0) is 48.9 Å². The molecule has 0 radical (unpaired) electrons. The molecule has 0 aromatic heterocycles. The SMILES string of the molecule is CCC(CC(C)C1CC1)CC(C)(C)C. The van der Waals surface area contributed by atoms with E-state index in [0.717, 1.165) is 17.8 Å². The fraction of sp³-hybridized carbons (Fsp3) is 1.00. The molecule has 1 aliphatic rings. The summed E-state index contributed by atoms with van der Waals surface area (Å²) in [5.41, 5.74) is 0.518.